The Morgan fingerprint density at radius 1 is 1.23 bits per heavy atom. The fraction of sp³-hybridized carbons (Fsp3) is 0.286. The van der Waals surface area contributed by atoms with Crippen LogP contribution in [0.5, 0.6) is 0 Å². The van der Waals surface area contributed by atoms with E-state index in [-0.39, 0.29) is 0 Å². The van der Waals surface area contributed by atoms with Gasteiger partial charge in [0.05, 0.1) is 23.7 Å². The second-order valence-electron chi connectivity index (χ2n) is 7.52. The van der Waals surface area contributed by atoms with Gasteiger partial charge < -0.3 is 15.6 Å². The lowest BCUT2D eigenvalue weighted by atomic mass is 10.0. The molecule has 1 saturated heterocycles. The van der Waals surface area contributed by atoms with Crippen molar-refractivity contribution < 1.29 is 13.6 Å². The van der Waals surface area contributed by atoms with Gasteiger partial charge in [-0.15, -0.1) is 0 Å². The minimum atomic E-state index is -2.78. The Bertz CT molecular complexity index is 1120. The predicted octanol–water partition coefficient (Wildman–Crippen LogP) is 4.08. The van der Waals surface area contributed by atoms with Crippen LogP contribution in [0.3, 0.4) is 0 Å². The number of aromatic nitrogens is 2. The number of nitrogens with one attached hydrogen (secondary N) is 3. The summed E-state index contributed by atoms with van der Waals surface area (Å²) in [5.74, 6) is -2.59. The van der Waals surface area contributed by atoms with E-state index < -0.39 is 24.9 Å². The van der Waals surface area contributed by atoms with E-state index in [0.29, 0.717) is 45.5 Å². The van der Waals surface area contributed by atoms with Crippen molar-refractivity contribution in [3.8, 4) is 0 Å². The number of carbonyl (C=O) groups excluding carboxylic acids is 1. The average molecular weight is 442 g/mol. The highest BCUT2D eigenvalue weighted by Gasteiger charge is 2.46. The molecule has 2 aromatic rings. The second-order valence-corrected chi connectivity index (χ2v) is 8.54. The molecule has 1 aromatic heterocycles. The summed E-state index contributed by atoms with van der Waals surface area (Å²) in [4.78, 5) is 22.7. The Hall–Kier alpha value is -3.14. The molecule has 0 saturated carbocycles. The third kappa shape index (κ3) is 4.07. The van der Waals surface area contributed by atoms with Gasteiger partial charge in [0, 0.05) is 23.4 Å². The molecule has 0 aliphatic carbocycles. The summed E-state index contributed by atoms with van der Waals surface area (Å²) < 4.78 is 26.0. The molecule has 2 aliphatic heterocycles. The van der Waals surface area contributed by atoms with Crippen molar-refractivity contribution in [2.75, 3.05) is 18.4 Å². The van der Waals surface area contributed by atoms with Crippen LogP contribution >= 0.6 is 11.8 Å². The molecule has 3 N–H and O–H groups in total. The van der Waals surface area contributed by atoms with E-state index in [2.05, 4.69) is 15.3 Å². The number of hydrogen-bond donors (Lipinski definition) is 3. The van der Waals surface area contributed by atoms with Crippen LogP contribution in [0.15, 0.2) is 41.1 Å². The van der Waals surface area contributed by atoms with E-state index >= 15 is 0 Å². The predicted molar refractivity (Wildman–Crippen MR) is 116 cm³/mol. The maximum atomic E-state index is 13.0. The van der Waals surface area contributed by atoms with E-state index in [1.807, 2.05) is 0 Å². The Balaban J connectivity index is 1.46. The van der Waals surface area contributed by atoms with Gasteiger partial charge in [-0.25, -0.2) is 18.7 Å². The lowest BCUT2D eigenvalue weighted by Gasteiger charge is -2.38. The number of anilines is 1. The molecule has 1 fully saturated rings. The third-order valence-electron chi connectivity index (χ3n) is 5.20. The number of halogens is 2. The highest BCUT2D eigenvalue weighted by molar-refractivity contribution is 8.15. The van der Waals surface area contributed by atoms with Crippen molar-refractivity contribution in [2.24, 2.45) is 0 Å². The van der Waals surface area contributed by atoms with Gasteiger partial charge in [0.25, 0.3) is 11.8 Å². The summed E-state index contributed by atoms with van der Waals surface area (Å²) >= 11 is 1.25. The van der Waals surface area contributed by atoms with Gasteiger partial charge in [-0.05, 0) is 37.1 Å². The van der Waals surface area contributed by atoms with Gasteiger partial charge in [-0.1, -0.05) is 23.9 Å². The summed E-state index contributed by atoms with van der Waals surface area (Å²) in [5, 5.41) is 19.7. The molecule has 0 atom stereocenters. The third-order valence-corrected chi connectivity index (χ3v) is 6.20. The second kappa shape index (κ2) is 7.84. The topological polar surface area (TPSA) is 106 Å². The number of nitrogens with zero attached hydrogens (tertiary/aromatic N) is 3. The number of alkyl halides is 2. The van der Waals surface area contributed by atoms with Crippen LogP contribution in [0, 0.1) is 10.8 Å². The van der Waals surface area contributed by atoms with Crippen LogP contribution in [-0.2, 0) is 6.54 Å². The zero-order chi connectivity index (χ0) is 22.3. The maximum Gasteiger partial charge on any atom is 0.282 e. The lowest BCUT2D eigenvalue weighted by molar-refractivity contribution is -0.113. The Morgan fingerprint density at radius 2 is 1.90 bits per heavy atom. The van der Waals surface area contributed by atoms with Crippen LogP contribution in [0.25, 0.3) is 5.57 Å². The number of likely N-dealkylation sites (tertiary alicyclic amines) is 1. The van der Waals surface area contributed by atoms with E-state index in [9.17, 15) is 13.6 Å². The summed E-state index contributed by atoms with van der Waals surface area (Å²) in [6.45, 7) is 2.85. The molecule has 4 rings (SSSR count). The largest absolute Gasteiger partial charge is 0.365 e. The molecule has 0 unspecified atom stereocenters. The van der Waals surface area contributed by atoms with E-state index in [4.69, 9.17) is 10.8 Å². The van der Waals surface area contributed by atoms with E-state index in [0.717, 1.165) is 15.4 Å². The van der Waals surface area contributed by atoms with Crippen LogP contribution in [0.2, 0.25) is 0 Å². The normalized spacial score (nSPS) is 18.3. The molecular weight excluding hydrogens is 422 g/mol. The van der Waals surface area contributed by atoms with Gasteiger partial charge in [0.2, 0.25) is 0 Å². The SMILES string of the molecule is CC(=N)/C(C)=C1\C(=N)Sc2c(NCc3ccc(C(=O)N4CC(F)(F)C4)cc3)ncnc21. The first-order valence-corrected chi connectivity index (χ1v) is 10.4. The number of hydrogen-bond acceptors (Lipinski definition) is 7. The summed E-state index contributed by atoms with van der Waals surface area (Å²) in [5.41, 5.74) is 3.65. The number of allylic oxidation sites excluding steroid dienone is 1. The molecule has 7 nitrogen and oxygen atoms in total. The zero-order valence-corrected chi connectivity index (χ0v) is 17.7. The van der Waals surface area contributed by atoms with Crippen LogP contribution in [-0.4, -0.2) is 50.5 Å². The lowest BCUT2D eigenvalue weighted by Crippen LogP contribution is -2.58. The van der Waals surface area contributed by atoms with Crippen molar-refractivity contribution in [1.82, 2.24) is 14.9 Å². The van der Waals surface area contributed by atoms with Crippen molar-refractivity contribution >= 4 is 39.8 Å². The summed E-state index contributed by atoms with van der Waals surface area (Å²) in [7, 11) is 0. The summed E-state index contributed by atoms with van der Waals surface area (Å²) in [6.07, 6.45) is 1.43. The van der Waals surface area contributed by atoms with Crippen LogP contribution in [0.4, 0.5) is 14.6 Å². The molecular formula is C21H20F2N6OS. The minimum Gasteiger partial charge on any atom is -0.365 e. The van der Waals surface area contributed by atoms with Crippen molar-refractivity contribution in [2.45, 2.75) is 31.2 Å². The standard InChI is InChI=1S/C21H20F2N6OS/c1-11(12(2)24)15-16-17(31-18(15)25)19(28-10-27-16)26-7-13-3-5-14(6-4-13)20(30)29-8-21(22,23)9-29/h3-6,10,24-25H,7-9H2,1-2H3,(H,26,27,28)/b15-11-,24-12?,25-18?. The molecule has 1 aromatic carbocycles. The monoisotopic (exact) mass is 442 g/mol. The number of amides is 1. The number of fused-ring (bicyclic) bond motifs is 1. The highest BCUT2D eigenvalue weighted by Crippen LogP contribution is 2.44. The van der Waals surface area contributed by atoms with Crippen molar-refractivity contribution in [3.63, 3.8) is 0 Å². The molecule has 0 radical (unpaired) electrons. The molecule has 3 heterocycles. The van der Waals surface area contributed by atoms with Crippen molar-refractivity contribution in [1.29, 1.82) is 10.8 Å². The minimum absolute atomic E-state index is 0.335. The Kier molecular flexibility index (Phi) is 5.34. The molecule has 160 valence electrons. The molecule has 10 heteroatoms. The van der Waals surface area contributed by atoms with E-state index in [1.165, 1.54) is 18.1 Å². The van der Waals surface area contributed by atoms with Crippen LogP contribution in [0.1, 0.15) is 35.5 Å². The smallest absolute Gasteiger partial charge is 0.282 e. The number of carbonyl (C=O) groups is 1. The quantitative estimate of drug-likeness (QED) is 0.605. The maximum absolute atomic E-state index is 13.0. The first-order chi connectivity index (χ1) is 14.7. The molecule has 31 heavy (non-hydrogen) atoms. The highest BCUT2D eigenvalue weighted by atomic mass is 32.2. The van der Waals surface area contributed by atoms with Gasteiger partial charge in [-0.3, -0.25) is 10.2 Å². The fourth-order valence-electron chi connectivity index (χ4n) is 3.36. The van der Waals surface area contributed by atoms with Crippen LogP contribution < -0.4 is 5.32 Å². The summed E-state index contributed by atoms with van der Waals surface area (Å²) in [6, 6.07) is 6.79. The van der Waals surface area contributed by atoms with Gasteiger partial charge >= 0.3 is 0 Å². The Labute approximate surface area is 182 Å². The van der Waals surface area contributed by atoms with Crippen molar-refractivity contribution in [3.05, 3.63) is 53.0 Å². The van der Waals surface area contributed by atoms with Gasteiger partial charge in [0.1, 0.15) is 17.2 Å². The molecule has 0 bridgehead atoms. The number of rotatable bonds is 5. The number of benzene rings is 1. The first kappa shape index (κ1) is 21.1. The molecule has 2 aliphatic rings. The van der Waals surface area contributed by atoms with E-state index in [1.54, 1.807) is 38.1 Å². The van der Waals surface area contributed by atoms with Gasteiger partial charge in [0.15, 0.2) is 0 Å². The molecule has 0 spiro atoms. The molecule has 1 amide bonds. The van der Waals surface area contributed by atoms with Gasteiger partial charge in [-0.2, -0.15) is 0 Å². The first-order valence-electron chi connectivity index (χ1n) is 9.55. The Morgan fingerprint density at radius 3 is 2.52 bits per heavy atom. The zero-order valence-electron chi connectivity index (χ0n) is 16.9. The number of thioether (sulfide) groups is 1. The fourth-order valence-corrected chi connectivity index (χ4v) is 4.39. The average Bonchev–Trinajstić information content (AvgIpc) is 3.05.